The number of furan rings is 1. The van der Waals surface area contributed by atoms with Crippen molar-refractivity contribution in [2.24, 2.45) is 0 Å². The fourth-order valence-electron chi connectivity index (χ4n) is 8.62. The summed E-state index contributed by atoms with van der Waals surface area (Å²) in [6.45, 7) is 13.9. The average Bonchev–Trinajstić information content (AvgIpc) is 3.46. The van der Waals surface area contributed by atoms with Crippen LogP contribution in [-0.4, -0.2) is 0 Å². The quantitative estimate of drug-likeness (QED) is 0.173. The maximum Gasteiger partial charge on any atom is 0.143 e. The van der Waals surface area contributed by atoms with Gasteiger partial charge in [0.2, 0.25) is 0 Å². The number of rotatable bonds is 2. The minimum atomic E-state index is -0.0149. The van der Waals surface area contributed by atoms with Crippen LogP contribution >= 0.6 is 0 Å². The third-order valence-electron chi connectivity index (χ3n) is 10.4. The van der Waals surface area contributed by atoms with E-state index in [9.17, 15) is 0 Å². The normalized spacial score (nSPS) is 12.7. The fraction of sp³-hybridized carbons (Fsp3) is 0.167. The van der Waals surface area contributed by atoms with Gasteiger partial charge in [0.25, 0.3) is 0 Å². The van der Waals surface area contributed by atoms with E-state index in [1.165, 1.54) is 70.9 Å². The Morgan fingerprint density at radius 2 is 0.776 bits per heavy atom. The molecule has 0 aliphatic carbocycles. The Hall–Kier alpha value is -5.40. The molecule has 0 N–H and O–H groups in total. The van der Waals surface area contributed by atoms with Gasteiger partial charge in [-0.1, -0.05) is 163 Å². The van der Waals surface area contributed by atoms with E-state index in [0.717, 1.165) is 27.5 Å². The second-order valence-corrected chi connectivity index (χ2v) is 15.7. The Kier molecular flexibility index (Phi) is 6.40. The number of hydrogen-bond acceptors (Lipinski definition) is 1. The monoisotopic (exact) mass is 632 g/mol. The highest BCUT2D eigenvalue weighted by atomic mass is 16.3. The summed E-state index contributed by atoms with van der Waals surface area (Å²) >= 11 is 0. The van der Waals surface area contributed by atoms with Gasteiger partial charge in [-0.15, -0.1) is 0 Å². The third kappa shape index (κ3) is 4.45. The van der Waals surface area contributed by atoms with E-state index in [2.05, 4.69) is 175 Å². The molecule has 9 aromatic rings. The van der Waals surface area contributed by atoms with Crippen molar-refractivity contribution in [3.63, 3.8) is 0 Å². The zero-order chi connectivity index (χ0) is 33.7. The summed E-state index contributed by atoms with van der Waals surface area (Å²) in [7, 11) is 0. The molecule has 1 aromatic heterocycles. The van der Waals surface area contributed by atoms with Gasteiger partial charge in [-0.2, -0.15) is 0 Å². The molecule has 0 unspecified atom stereocenters. The Balaban J connectivity index is 1.34. The van der Waals surface area contributed by atoms with Crippen molar-refractivity contribution in [1.29, 1.82) is 0 Å². The van der Waals surface area contributed by atoms with Gasteiger partial charge in [0.05, 0.1) is 0 Å². The molecular formula is C48H40O. The molecular weight excluding hydrogens is 593 g/mol. The van der Waals surface area contributed by atoms with Crippen LogP contribution in [0.25, 0.3) is 87.3 Å². The minimum absolute atomic E-state index is 0.00371. The molecule has 0 saturated carbocycles. The first-order valence-electron chi connectivity index (χ1n) is 17.4. The number of fused-ring (bicyclic) bond motifs is 7. The molecule has 0 aliphatic heterocycles. The van der Waals surface area contributed by atoms with E-state index in [0.29, 0.717) is 0 Å². The second-order valence-electron chi connectivity index (χ2n) is 15.7. The molecule has 0 spiro atoms. The molecule has 238 valence electrons. The van der Waals surface area contributed by atoms with Gasteiger partial charge in [0.1, 0.15) is 11.2 Å². The van der Waals surface area contributed by atoms with Crippen LogP contribution in [0, 0.1) is 0 Å². The van der Waals surface area contributed by atoms with E-state index in [1.807, 2.05) is 0 Å². The minimum Gasteiger partial charge on any atom is -0.455 e. The molecule has 0 saturated heterocycles. The largest absolute Gasteiger partial charge is 0.455 e. The highest BCUT2D eigenvalue weighted by Gasteiger charge is 2.26. The van der Waals surface area contributed by atoms with E-state index in [1.54, 1.807) is 0 Å². The SMILES string of the molecule is CC(C)(C)c1c2ccccc2c(-c2ccc3c(c2)oc2c(-c4c5ccccc5c(C(C)(C)C)c5ccccc45)cccc23)c2ccccc12. The molecule has 0 radical (unpaired) electrons. The smallest absolute Gasteiger partial charge is 0.143 e. The van der Waals surface area contributed by atoms with Crippen LogP contribution in [0.15, 0.2) is 138 Å². The van der Waals surface area contributed by atoms with Crippen molar-refractivity contribution >= 4 is 65.0 Å². The standard InChI is InChI=1S/C48H40O/c1-47(2,3)44-35-20-11-7-16-31(35)42(32-17-8-12-21-36(32)44)29-26-27-30-39-24-15-25-40(46(39)49-41(30)28-29)43-33-18-9-13-22-37(33)45(48(4,5)6)38-23-14-10-19-34(38)43/h7-28H,1-6H3. The zero-order valence-corrected chi connectivity index (χ0v) is 29.1. The lowest BCUT2D eigenvalue weighted by Gasteiger charge is -2.26. The van der Waals surface area contributed by atoms with Crippen LogP contribution in [0.2, 0.25) is 0 Å². The molecule has 49 heavy (non-hydrogen) atoms. The van der Waals surface area contributed by atoms with Gasteiger partial charge in [-0.05, 0) is 88.3 Å². The van der Waals surface area contributed by atoms with Crippen LogP contribution in [0.3, 0.4) is 0 Å². The first kappa shape index (κ1) is 29.7. The van der Waals surface area contributed by atoms with Gasteiger partial charge in [-0.3, -0.25) is 0 Å². The van der Waals surface area contributed by atoms with E-state index in [-0.39, 0.29) is 10.8 Å². The number of hydrogen-bond donors (Lipinski definition) is 0. The van der Waals surface area contributed by atoms with Crippen LogP contribution in [0.5, 0.6) is 0 Å². The maximum atomic E-state index is 7.00. The van der Waals surface area contributed by atoms with Crippen LogP contribution in [0.4, 0.5) is 0 Å². The molecule has 8 aromatic carbocycles. The Morgan fingerprint density at radius 1 is 0.367 bits per heavy atom. The Labute approximate surface area is 287 Å². The molecule has 0 bridgehead atoms. The average molecular weight is 633 g/mol. The van der Waals surface area contributed by atoms with Gasteiger partial charge < -0.3 is 4.42 Å². The molecule has 0 fully saturated rings. The van der Waals surface area contributed by atoms with Crippen LogP contribution in [-0.2, 0) is 10.8 Å². The third-order valence-corrected chi connectivity index (χ3v) is 10.4. The predicted octanol–water partition coefficient (Wildman–Crippen LogP) is 14.1. The van der Waals surface area contributed by atoms with Crippen molar-refractivity contribution in [1.82, 2.24) is 0 Å². The highest BCUT2D eigenvalue weighted by Crippen LogP contribution is 2.48. The summed E-state index contributed by atoms with van der Waals surface area (Å²) in [5.74, 6) is 0. The molecule has 9 rings (SSSR count). The zero-order valence-electron chi connectivity index (χ0n) is 29.1. The molecule has 0 amide bonds. The first-order chi connectivity index (χ1) is 23.6. The topological polar surface area (TPSA) is 13.1 Å². The fourth-order valence-corrected chi connectivity index (χ4v) is 8.62. The van der Waals surface area contributed by atoms with Gasteiger partial charge in [0.15, 0.2) is 0 Å². The van der Waals surface area contributed by atoms with E-state index >= 15 is 0 Å². The van der Waals surface area contributed by atoms with Gasteiger partial charge in [-0.25, -0.2) is 0 Å². The Morgan fingerprint density at radius 3 is 1.22 bits per heavy atom. The van der Waals surface area contributed by atoms with Crippen molar-refractivity contribution in [2.45, 2.75) is 52.4 Å². The second kappa shape index (κ2) is 10.5. The summed E-state index contributed by atoms with van der Waals surface area (Å²) in [6, 6.07) is 49.1. The summed E-state index contributed by atoms with van der Waals surface area (Å²) in [6.07, 6.45) is 0. The van der Waals surface area contributed by atoms with Gasteiger partial charge >= 0.3 is 0 Å². The van der Waals surface area contributed by atoms with E-state index in [4.69, 9.17) is 4.42 Å². The van der Waals surface area contributed by atoms with Gasteiger partial charge in [0, 0.05) is 21.9 Å². The lowest BCUT2D eigenvalue weighted by Crippen LogP contribution is -2.13. The summed E-state index contributed by atoms with van der Waals surface area (Å²) < 4.78 is 7.00. The summed E-state index contributed by atoms with van der Waals surface area (Å²) in [5.41, 5.74) is 9.42. The van der Waals surface area contributed by atoms with Crippen molar-refractivity contribution in [2.75, 3.05) is 0 Å². The van der Waals surface area contributed by atoms with Crippen LogP contribution < -0.4 is 0 Å². The van der Waals surface area contributed by atoms with Crippen LogP contribution in [0.1, 0.15) is 52.7 Å². The lowest BCUT2D eigenvalue weighted by atomic mass is 9.78. The lowest BCUT2D eigenvalue weighted by molar-refractivity contribution is 0.601. The van der Waals surface area contributed by atoms with E-state index < -0.39 is 0 Å². The number of para-hydroxylation sites is 1. The highest BCUT2D eigenvalue weighted by molar-refractivity contribution is 6.21. The molecule has 1 nitrogen and oxygen atoms in total. The van der Waals surface area contributed by atoms with Crippen molar-refractivity contribution < 1.29 is 4.42 Å². The number of benzene rings is 8. The summed E-state index contributed by atoms with van der Waals surface area (Å²) in [5, 5.41) is 12.6. The molecule has 1 heteroatoms. The molecule has 0 atom stereocenters. The summed E-state index contributed by atoms with van der Waals surface area (Å²) in [4.78, 5) is 0. The molecule has 1 heterocycles. The maximum absolute atomic E-state index is 7.00. The first-order valence-corrected chi connectivity index (χ1v) is 17.4. The van der Waals surface area contributed by atoms with Crippen molar-refractivity contribution in [3.05, 3.63) is 145 Å². The Bertz CT molecular complexity index is 2660. The van der Waals surface area contributed by atoms with Crippen molar-refractivity contribution in [3.8, 4) is 22.3 Å². The molecule has 0 aliphatic rings. The predicted molar refractivity (Wildman–Crippen MR) is 212 cm³/mol.